The van der Waals surface area contributed by atoms with E-state index in [1.54, 1.807) is 0 Å². The van der Waals surface area contributed by atoms with Gasteiger partial charge in [-0.15, -0.1) is 0 Å². The lowest BCUT2D eigenvalue weighted by atomic mass is 9.53. The maximum Gasteiger partial charge on any atom is 0.309 e. The van der Waals surface area contributed by atoms with E-state index in [0.29, 0.717) is 23.7 Å². The number of carbonyl (C=O) groups is 1. The summed E-state index contributed by atoms with van der Waals surface area (Å²) in [5.74, 6) is 0.574. The minimum atomic E-state index is -0.659. The first-order valence-corrected chi connectivity index (χ1v) is 6.17. The molecule has 2 aliphatic rings. The van der Waals surface area contributed by atoms with Gasteiger partial charge in [0.1, 0.15) is 0 Å². The van der Waals surface area contributed by atoms with Crippen LogP contribution in [0.2, 0.25) is 0 Å². The highest BCUT2D eigenvalue weighted by Crippen LogP contribution is 2.59. The van der Waals surface area contributed by atoms with Gasteiger partial charge >= 0.3 is 5.97 Å². The molecule has 2 heteroatoms. The SMILES string of the molecule is C=C1C[C@@](C)(C(=O)O)CC[C@@H]2[C@@H]1CC2(C)C. The molecule has 2 nitrogen and oxygen atoms in total. The first kappa shape index (κ1) is 11.7. The van der Waals surface area contributed by atoms with Gasteiger partial charge in [0.25, 0.3) is 0 Å². The van der Waals surface area contributed by atoms with E-state index >= 15 is 0 Å². The molecule has 90 valence electrons. The van der Waals surface area contributed by atoms with Crippen molar-refractivity contribution in [3.8, 4) is 0 Å². The lowest BCUT2D eigenvalue weighted by Crippen LogP contribution is -2.43. The summed E-state index contributed by atoms with van der Waals surface area (Å²) in [6.07, 6.45) is 3.69. The number of hydrogen-bond acceptors (Lipinski definition) is 1. The molecule has 1 N–H and O–H groups in total. The van der Waals surface area contributed by atoms with Gasteiger partial charge in [-0.25, -0.2) is 0 Å². The van der Waals surface area contributed by atoms with Crippen LogP contribution in [0.4, 0.5) is 0 Å². The highest BCUT2D eigenvalue weighted by atomic mass is 16.4. The van der Waals surface area contributed by atoms with E-state index in [4.69, 9.17) is 0 Å². The Bertz CT molecular complexity index is 343. The van der Waals surface area contributed by atoms with Crippen LogP contribution in [0.15, 0.2) is 12.2 Å². The molecule has 0 spiro atoms. The second kappa shape index (κ2) is 3.35. The van der Waals surface area contributed by atoms with Crippen molar-refractivity contribution in [2.45, 2.75) is 46.5 Å². The van der Waals surface area contributed by atoms with E-state index in [1.807, 2.05) is 6.92 Å². The topological polar surface area (TPSA) is 37.3 Å². The summed E-state index contributed by atoms with van der Waals surface area (Å²) in [6, 6.07) is 0. The van der Waals surface area contributed by atoms with Crippen LogP contribution in [0.25, 0.3) is 0 Å². The highest BCUT2D eigenvalue weighted by Gasteiger charge is 2.52. The molecule has 0 saturated heterocycles. The largest absolute Gasteiger partial charge is 0.481 e. The van der Waals surface area contributed by atoms with Crippen molar-refractivity contribution in [1.82, 2.24) is 0 Å². The lowest BCUT2D eigenvalue weighted by molar-refractivity contribution is -0.148. The maximum atomic E-state index is 11.3. The van der Waals surface area contributed by atoms with E-state index in [0.717, 1.165) is 12.8 Å². The third-order valence-corrected chi connectivity index (χ3v) is 4.90. The molecular weight excluding hydrogens is 200 g/mol. The number of hydrogen-bond donors (Lipinski definition) is 1. The lowest BCUT2D eigenvalue weighted by Gasteiger charge is -2.52. The smallest absolute Gasteiger partial charge is 0.309 e. The third kappa shape index (κ3) is 1.59. The van der Waals surface area contributed by atoms with Crippen LogP contribution in [0, 0.1) is 22.7 Å². The van der Waals surface area contributed by atoms with Crippen molar-refractivity contribution in [2.24, 2.45) is 22.7 Å². The van der Waals surface area contributed by atoms with Gasteiger partial charge in [-0.05, 0) is 49.9 Å². The average Bonchev–Trinajstić information content (AvgIpc) is 2.23. The minimum Gasteiger partial charge on any atom is -0.481 e. The van der Waals surface area contributed by atoms with Crippen molar-refractivity contribution in [1.29, 1.82) is 0 Å². The summed E-state index contributed by atoms with van der Waals surface area (Å²) in [7, 11) is 0. The molecule has 0 bridgehead atoms. The first-order valence-electron chi connectivity index (χ1n) is 6.17. The summed E-state index contributed by atoms with van der Waals surface area (Å²) >= 11 is 0. The van der Waals surface area contributed by atoms with Crippen LogP contribution in [0.1, 0.15) is 46.5 Å². The summed E-state index contributed by atoms with van der Waals surface area (Å²) in [6.45, 7) is 10.6. The normalized spacial score (nSPS) is 41.8. The van der Waals surface area contributed by atoms with E-state index in [2.05, 4.69) is 20.4 Å². The van der Waals surface area contributed by atoms with Crippen molar-refractivity contribution in [3.05, 3.63) is 12.2 Å². The first-order chi connectivity index (χ1) is 7.26. The fraction of sp³-hybridized carbons (Fsp3) is 0.786. The van der Waals surface area contributed by atoms with Crippen LogP contribution in [-0.4, -0.2) is 11.1 Å². The van der Waals surface area contributed by atoms with E-state index in [-0.39, 0.29) is 0 Å². The molecular formula is C14H22O2. The van der Waals surface area contributed by atoms with Gasteiger partial charge in [0.2, 0.25) is 0 Å². The van der Waals surface area contributed by atoms with Crippen LogP contribution >= 0.6 is 0 Å². The standard InChI is InChI=1S/C14H22O2/c1-9-7-14(4,12(15)16)6-5-11-10(9)8-13(11,2)3/h10-11H,1,5-8H2,2-4H3,(H,15,16)/t10-,11-,14+/m1/s1. The Kier molecular flexibility index (Phi) is 2.45. The van der Waals surface area contributed by atoms with E-state index < -0.39 is 11.4 Å². The van der Waals surface area contributed by atoms with E-state index in [1.165, 1.54) is 12.0 Å². The quantitative estimate of drug-likeness (QED) is 0.690. The maximum absolute atomic E-state index is 11.3. The third-order valence-electron chi connectivity index (χ3n) is 4.90. The Balaban J connectivity index is 2.21. The van der Waals surface area contributed by atoms with Crippen molar-refractivity contribution >= 4 is 5.97 Å². The molecule has 0 amide bonds. The fourth-order valence-corrected chi connectivity index (χ4v) is 3.64. The molecule has 0 aromatic carbocycles. The predicted octanol–water partition coefficient (Wildman–Crippen LogP) is 3.48. The minimum absolute atomic E-state index is 0.386. The van der Waals surface area contributed by atoms with Crippen molar-refractivity contribution in [2.75, 3.05) is 0 Å². The number of fused-ring (bicyclic) bond motifs is 1. The van der Waals surface area contributed by atoms with Crippen LogP contribution in [-0.2, 0) is 4.79 Å². The van der Waals surface area contributed by atoms with Gasteiger partial charge in [-0.1, -0.05) is 26.0 Å². The van der Waals surface area contributed by atoms with E-state index in [9.17, 15) is 9.90 Å². The summed E-state index contributed by atoms with van der Waals surface area (Å²) < 4.78 is 0. The molecule has 0 heterocycles. The Morgan fingerprint density at radius 2 is 2.06 bits per heavy atom. The van der Waals surface area contributed by atoms with Crippen molar-refractivity contribution < 1.29 is 9.90 Å². The number of carboxylic acid groups (broad SMARTS) is 1. The van der Waals surface area contributed by atoms with Gasteiger partial charge in [0, 0.05) is 0 Å². The molecule has 3 atom stereocenters. The monoisotopic (exact) mass is 222 g/mol. The zero-order chi connectivity index (χ0) is 12.1. The Morgan fingerprint density at radius 3 is 2.56 bits per heavy atom. The molecule has 2 saturated carbocycles. The van der Waals surface area contributed by atoms with Gasteiger partial charge in [-0.3, -0.25) is 4.79 Å². The number of allylic oxidation sites excluding steroid dienone is 1. The summed E-state index contributed by atoms with van der Waals surface area (Å²) in [4.78, 5) is 11.3. The molecule has 2 fully saturated rings. The molecule has 0 aromatic rings. The Morgan fingerprint density at radius 1 is 1.44 bits per heavy atom. The second-order valence-corrected chi connectivity index (χ2v) is 6.65. The molecule has 0 unspecified atom stereocenters. The van der Waals surface area contributed by atoms with Crippen LogP contribution in [0.3, 0.4) is 0 Å². The summed E-state index contributed by atoms with van der Waals surface area (Å²) in [5, 5.41) is 9.32. The number of aliphatic carboxylic acids is 1. The van der Waals surface area contributed by atoms with Gasteiger partial charge < -0.3 is 5.11 Å². The van der Waals surface area contributed by atoms with Gasteiger partial charge in [0.05, 0.1) is 5.41 Å². The average molecular weight is 222 g/mol. The zero-order valence-corrected chi connectivity index (χ0v) is 10.5. The number of carboxylic acids is 1. The zero-order valence-electron chi connectivity index (χ0n) is 10.5. The molecule has 16 heavy (non-hydrogen) atoms. The molecule has 2 rings (SSSR count). The molecule has 2 aliphatic carbocycles. The number of rotatable bonds is 1. The molecule has 0 radical (unpaired) electrons. The highest BCUT2D eigenvalue weighted by molar-refractivity contribution is 5.74. The van der Waals surface area contributed by atoms with Crippen LogP contribution < -0.4 is 0 Å². The molecule has 0 aliphatic heterocycles. The predicted molar refractivity (Wildman–Crippen MR) is 64.1 cm³/mol. The Hall–Kier alpha value is -0.790. The van der Waals surface area contributed by atoms with Gasteiger partial charge in [-0.2, -0.15) is 0 Å². The fourth-order valence-electron chi connectivity index (χ4n) is 3.64. The molecule has 0 aromatic heterocycles. The summed E-state index contributed by atoms with van der Waals surface area (Å²) in [5.41, 5.74) is 0.980. The Labute approximate surface area is 97.7 Å². The van der Waals surface area contributed by atoms with Gasteiger partial charge in [0.15, 0.2) is 0 Å². The van der Waals surface area contributed by atoms with Crippen LogP contribution in [0.5, 0.6) is 0 Å². The van der Waals surface area contributed by atoms with Crippen molar-refractivity contribution in [3.63, 3.8) is 0 Å². The second-order valence-electron chi connectivity index (χ2n) is 6.65.